The number of carbonyl (C=O) groups is 2. The summed E-state index contributed by atoms with van der Waals surface area (Å²) in [6.45, 7) is 4.41. The third-order valence-electron chi connectivity index (χ3n) is 3.34. The summed E-state index contributed by atoms with van der Waals surface area (Å²) in [5.41, 5.74) is 0. The van der Waals surface area contributed by atoms with Crippen LogP contribution in [0.2, 0.25) is 0 Å². The molecule has 4 heteroatoms. The van der Waals surface area contributed by atoms with E-state index >= 15 is 0 Å². The third-order valence-corrected chi connectivity index (χ3v) is 3.34. The van der Waals surface area contributed by atoms with Crippen molar-refractivity contribution in [3.8, 4) is 23.7 Å². The largest absolute Gasteiger partial charge is 0.466 e. The fourth-order valence-electron chi connectivity index (χ4n) is 1.99. The van der Waals surface area contributed by atoms with Crippen molar-refractivity contribution in [3.63, 3.8) is 0 Å². The summed E-state index contributed by atoms with van der Waals surface area (Å²) < 4.78 is 9.84. The van der Waals surface area contributed by atoms with Crippen LogP contribution in [0.25, 0.3) is 0 Å². The average Bonchev–Trinajstić information content (AvgIpc) is 3.30. The van der Waals surface area contributed by atoms with Crippen LogP contribution in [0.5, 0.6) is 0 Å². The highest BCUT2D eigenvalue weighted by molar-refractivity contribution is 5.77. The fourth-order valence-corrected chi connectivity index (χ4v) is 1.99. The van der Waals surface area contributed by atoms with Gasteiger partial charge in [-0.2, -0.15) is 0 Å². The Morgan fingerprint density at radius 3 is 1.65 bits per heavy atom. The second-order valence-corrected chi connectivity index (χ2v) is 4.94. The Balaban J connectivity index is 1.71. The molecule has 0 aromatic rings. The molecule has 0 aromatic heterocycles. The first kappa shape index (κ1) is 14.5. The van der Waals surface area contributed by atoms with E-state index in [0.717, 1.165) is 12.8 Å². The predicted molar refractivity (Wildman–Crippen MR) is 72.0 cm³/mol. The van der Waals surface area contributed by atoms with E-state index in [0.29, 0.717) is 13.2 Å². The van der Waals surface area contributed by atoms with Gasteiger partial charge < -0.3 is 9.47 Å². The van der Waals surface area contributed by atoms with Crippen molar-refractivity contribution in [1.82, 2.24) is 0 Å². The molecule has 0 amide bonds. The Bertz CT molecular complexity index is 466. The smallest absolute Gasteiger partial charge is 0.310 e. The van der Waals surface area contributed by atoms with Gasteiger partial charge in [-0.1, -0.05) is 11.8 Å². The van der Waals surface area contributed by atoms with Gasteiger partial charge in [0, 0.05) is 11.8 Å². The lowest BCUT2D eigenvalue weighted by Crippen LogP contribution is -2.07. The van der Waals surface area contributed by atoms with Gasteiger partial charge in [-0.05, 0) is 38.5 Å². The third kappa shape index (κ3) is 3.78. The van der Waals surface area contributed by atoms with E-state index in [1.807, 2.05) is 0 Å². The highest BCUT2D eigenvalue weighted by Gasteiger charge is 2.44. The molecule has 20 heavy (non-hydrogen) atoms. The summed E-state index contributed by atoms with van der Waals surface area (Å²) in [4.78, 5) is 22.7. The molecule has 0 radical (unpaired) electrons. The van der Waals surface area contributed by atoms with Gasteiger partial charge in [-0.3, -0.25) is 9.59 Å². The maximum atomic E-state index is 11.4. The van der Waals surface area contributed by atoms with Gasteiger partial charge in [0.1, 0.15) is 0 Å². The highest BCUT2D eigenvalue weighted by Crippen LogP contribution is 2.39. The summed E-state index contributed by atoms with van der Waals surface area (Å²) in [7, 11) is 0. The van der Waals surface area contributed by atoms with Gasteiger partial charge in [0.05, 0.1) is 25.0 Å². The first-order chi connectivity index (χ1) is 9.67. The number of hydrogen-bond acceptors (Lipinski definition) is 4. The highest BCUT2D eigenvalue weighted by atomic mass is 16.5. The average molecular weight is 274 g/mol. The van der Waals surface area contributed by atoms with E-state index in [2.05, 4.69) is 23.7 Å². The van der Waals surface area contributed by atoms with Crippen LogP contribution < -0.4 is 0 Å². The van der Waals surface area contributed by atoms with Crippen molar-refractivity contribution >= 4 is 11.9 Å². The second kappa shape index (κ2) is 6.48. The molecular weight excluding hydrogens is 256 g/mol. The van der Waals surface area contributed by atoms with Gasteiger partial charge >= 0.3 is 11.9 Å². The van der Waals surface area contributed by atoms with Crippen LogP contribution in [-0.2, 0) is 19.1 Å². The molecule has 0 aromatic carbocycles. The first-order valence-electron chi connectivity index (χ1n) is 7.01. The summed E-state index contributed by atoms with van der Waals surface area (Å²) >= 11 is 0. The monoisotopic (exact) mass is 274 g/mol. The summed E-state index contributed by atoms with van der Waals surface area (Å²) in [6, 6.07) is 0. The number of esters is 2. The molecule has 2 saturated carbocycles. The van der Waals surface area contributed by atoms with Gasteiger partial charge in [0.2, 0.25) is 0 Å². The van der Waals surface area contributed by atoms with Crippen molar-refractivity contribution in [2.75, 3.05) is 13.2 Å². The van der Waals surface area contributed by atoms with Crippen molar-refractivity contribution in [2.24, 2.45) is 23.7 Å². The van der Waals surface area contributed by atoms with E-state index in [-0.39, 0.29) is 35.6 Å². The van der Waals surface area contributed by atoms with Crippen LogP contribution in [0.3, 0.4) is 0 Å². The number of hydrogen-bond donors (Lipinski definition) is 0. The van der Waals surface area contributed by atoms with E-state index in [1.54, 1.807) is 13.8 Å². The molecule has 2 aliphatic rings. The van der Waals surface area contributed by atoms with Crippen LogP contribution >= 0.6 is 0 Å². The van der Waals surface area contributed by atoms with Crippen LogP contribution in [0.4, 0.5) is 0 Å². The van der Waals surface area contributed by atoms with Gasteiger partial charge in [-0.25, -0.2) is 0 Å². The van der Waals surface area contributed by atoms with E-state index in [1.165, 1.54) is 0 Å². The van der Waals surface area contributed by atoms with Crippen LogP contribution in [0, 0.1) is 47.4 Å². The summed E-state index contributed by atoms with van der Waals surface area (Å²) in [6.07, 6.45) is 1.53. The van der Waals surface area contributed by atoms with Crippen molar-refractivity contribution in [1.29, 1.82) is 0 Å². The van der Waals surface area contributed by atoms with Gasteiger partial charge in [0.15, 0.2) is 0 Å². The zero-order valence-electron chi connectivity index (χ0n) is 11.8. The maximum Gasteiger partial charge on any atom is 0.310 e. The molecule has 4 unspecified atom stereocenters. The molecule has 0 N–H and O–H groups in total. The molecule has 0 bridgehead atoms. The molecule has 0 spiro atoms. The number of rotatable bonds is 4. The van der Waals surface area contributed by atoms with Crippen LogP contribution in [0.15, 0.2) is 0 Å². The lowest BCUT2D eigenvalue weighted by atomic mass is 10.3. The molecular formula is C16H18O4. The normalized spacial score (nSPS) is 29.1. The minimum atomic E-state index is -0.163. The maximum absolute atomic E-state index is 11.4. The van der Waals surface area contributed by atoms with Gasteiger partial charge in [0.25, 0.3) is 0 Å². The molecule has 2 aliphatic carbocycles. The zero-order valence-corrected chi connectivity index (χ0v) is 11.8. The lowest BCUT2D eigenvalue weighted by Gasteiger charge is -1.96. The van der Waals surface area contributed by atoms with Crippen molar-refractivity contribution in [2.45, 2.75) is 26.7 Å². The number of carbonyl (C=O) groups excluding carboxylic acids is 2. The second-order valence-electron chi connectivity index (χ2n) is 4.94. The fraction of sp³-hybridized carbons (Fsp3) is 0.625. The van der Waals surface area contributed by atoms with Crippen molar-refractivity contribution < 1.29 is 19.1 Å². The Kier molecular flexibility index (Phi) is 4.69. The van der Waals surface area contributed by atoms with E-state index in [9.17, 15) is 9.59 Å². The topological polar surface area (TPSA) is 52.6 Å². The van der Waals surface area contributed by atoms with Crippen molar-refractivity contribution in [3.05, 3.63) is 0 Å². The molecule has 0 heterocycles. The Hall–Kier alpha value is -1.94. The molecule has 2 rings (SSSR count). The summed E-state index contributed by atoms with van der Waals surface area (Å²) in [5, 5.41) is 0. The van der Waals surface area contributed by atoms with E-state index < -0.39 is 0 Å². The Morgan fingerprint density at radius 1 is 0.900 bits per heavy atom. The minimum absolute atomic E-state index is 0.0718. The Labute approximate surface area is 119 Å². The molecule has 106 valence electrons. The summed E-state index contributed by atoms with van der Waals surface area (Å²) in [5.74, 6) is 11.2. The molecule has 4 atom stereocenters. The van der Waals surface area contributed by atoms with Gasteiger partial charge in [-0.15, -0.1) is 0 Å². The Morgan fingerprint density at radius 2 is 1.30 bits per heavy atom. The first-order valence-corrected chi connectivity index (χ1v) is 7.01. The standard InChI is InChI=1S/C16H18O4/c1-3-19-15(17)13-9-11(13)7-5-6-8-12-10-14(12)16(18)20-4-2/h11-14H,3-4,9-10H2,1-2H3. The lowest BCUT2D eigenvalue weighted by molar-refractivity contribution is -0.145. The predicted octanol–water partition coefficient (Wildman–Crippen LogP) is 1.39. The molecule has 0 saturated heterocycles. The minimum Gasteiger partial charge on any atom is -0.466 e. The quantitative estimate of drug-likeness (QED) is 0.574. The number of ether oxygens (including phenoxy) is 2. The van der Waals surface area contributed by atoms with Crippen LogP contribution in [-0.4, -0.2) is 25.2 Å². The molecule has 2 fully saturated rings. The molecule has 4 nitrogen and oxygen atoms in total. The zero-order chi connectivity index (χ0) is 14.5. The molecule has 0 aliphatic heterocycles. The van der Waals surface area contributed by atoms with Crippen LogP contribution in [0.1, 0.15) is 26.7 Å². The van der Waals surface area contributed by atoms with E-state index in [4.69, 9.17) is 9.47 Å². The SMILES string of the molecule is CCOC(=O)C1CC1C#CC#CC1CC1C(=O)OCC.